The smallest absolute Gasteiger partial charge is 0.303 e. The van der Waals surface area contributed by atoms with Gasteiger partial charge in [0.05, 0.1) is 18.9 Å². The van der Waals surface area contributed by atoms with Crippen LogP contribution in [0.4, 0.5) is 0 Å². The molecule has 5 nitrogen and oxygen atoms in total. The van der Waals surface area contributed by atoms with E-state index in [2.05, 4.69) is 4.98 Å². The van der Waals surface area contributed by atoms with Crippen LogP contribution >= 0.6 is 0 Å². The molecule has 0 atom stereocenters. The van der Waals surface area contributed by atoms with E-state index < -0.39 is 5.97 Å². The average molecular weight is 196 g/mol. The molecule has 0 aliphatic heterocycles. The molecule has 0 aliphatic rings. The summed E-state index contributed by atoms with van der Waals surface area (Å²) >= 11 is 0. The quantitative estimate of drug-likeness (QED) is 0.711. The summed E-state index contributed by atoms with van der Waals surface area (Å²) in [4.78, 5) is 25.6. The summed E-state index contributed by atoms with van der Waals surface area (Å²) in [5, 5.41) is 8.41. The molecule has 0 saturated carbocycles. The van der Waals surface area contributed by atoms with Crippen LogP contribution < -0.4 is 0 Å². The van der Waals surface area contributed by atoms with Crippen molar-refractivity contribution in [2.45, 2.75) is 26.3 Å². The molecule has 1 aromatic heterocycles. The van der Waals surface area contributed by atoms with Crippen molar-refractivity contribution in [2.24, 2.45) is 0 Å². The zero-order valence-corrected chi connectivity index (χ0v) is 7.93. The van der Waals surface area contributed by atoms with Crippen molar-refractivity contribution in [3.05, 3.63) is 18.2 Å². The van der Waals surface area contributed by atoms with Crippen LogP contribution in [0, 0.1) is 0 Å². The number of carboxylic acid groups (broad SMARTS) is 1. The minimum Gasteiger partial charge on any atom is -0.481 e. The van der Waals surface area contributed by atoms with Crippen LogP contribution in [0.3, 0.4) is 0 Å². The van der Waals surface area contributed by atoms with E-state index in [9.17, 15) is 9.59 Å². The van der Waals surface area contributed by atoms with Gasteiger partial charge >= 0.3 is 5.97 Å². The molecule has 0 fully saturated rings. The second kappa shape index (κ2) is 4.55. The number of aromatic nitrogens is 2. The first kappa shape index (κ1) is 10.4. The number of rotatable bonds is 5. The molecule has 76 valence electrons. The summed E-state index contributed by atoms with van der Waals surface area (Å²) in [5.41, 5.74) is 0.480. The van der Waals surface area contributed by atoms with Gasteiger partial charge in [0.2, 0.25) is 0 Å². The fourth-order valence-electron chi connectivity index (χ4n) is 1.15. The second-order valence-corrected chi connectivity index (χ2v) is 2.88. The molecule has 0 saturated heterocycles. The number of carbonyl (C=O) groups is 2. The number of imidazole rings is 1. The standard InChI is InChI=1S/C9H12N2O3/c1-2-11-6-10-5-7(11)8(12)3-4-9(13)14/h5-6H,2-4H2,1H3,(H,13,14). The maximum absolute atomic E-state index is 11.5. The molecule has 1 aromatic rings. The molecule has 0 aliphatic carbocycles. The number of carbonyl (C=O) groups excluding carboxylic acids is 1. The number of aliphatic carboxylic acids is 1. The van der Waals surface area contributed by atoms with Gasteiger partial charge in [0, 0.05) is 13.0 Å². The Bertz CT molecular complexity index is 344. The highest BCUT2D eigenvalue weighted by Crippen LogP contribution is 2.05. The van der Waals surface area contributed by atoms with Gasteiger partial charge in [-0.25, -0.2) is 4.98 Å². The van der Waals surface area contributed by atoms with Gasteiger partial charge in [-0.1, -0.05) is 0 Å². The fraction of sp³-hybridized carbons (Fsp3) is 0.444. The Labute approximate surface area is 81.4 Å². The molecular weight excluding hydrogens is 184 g/mol. The van der Waals surface area contributed by atoms with E-state index >= 15 is 0 Å². The van der Waals surface area contributed by atoms with Crippen molar-refractivity contribution in [3.63, 3.8) is 0 Å². The normalized spacial score (nSPS) is 10.1. The van der Waals surface area contributed by atoms with Crippen LogP contribution in [-0.4, -0.2) is 26.4 Å². The molecule has 5 heteroatoms. The monoisotopic (exact) mass is 196 g/mol. The third kappa shape index (κ3) is 2.42. The van der Waals surface area contributed by atoms with Crippen molar-refractivity contribution < 1.29 is 14.7 Å². The third-order valence-electron chi connectivity index (χ3n) is 1.90. The lowest BCUT2D eigenvalue weighted by atomic mass is 10.2. The van der Waals surface area contributed by atoms with Crippen LogP contribution in [0.15, 0.2) is 12.5 Å². The zero-order valence-electron chi connectivity index (χ0n) is 7.93. The highest BCUT2D eigenvalue weighted by Gasteiger charge is 2.12. The molecule has 0 aromatic carbocycles. The van der Waals surface area contributed by atoms with E-state index in [1.165, 1.54) is 6.20 Å². The molecule has 14 heavy (non-hydrogen) atoms. The number of hydrogen-bond donors (Lipinski definition) is 1. The van der Waals surface area contributed by atoms with Gasteiger partial charge < -0.3 is 9.67 Å². The maximum atomic E-state index is 11.5. The highest BCUT2D eigenvalue weighted by atomic mass is 16.4. The van der Waals surface area contributed by atoms with E-state index in [0.717, 1.165) is 0 Å². The van der Waals surface area contributed by atoms with Crippen molar-refractivity contribution in [2.75, 3.05) is 0 Å². The first-order chi connectivity index (χ1) is 6.65. The van der Waals surface area contributed by atoms with Gasteiger partial charge in [-0.3, -0.25) is 9.59 Å². The lowest BCUT2D eigenvalue weighted by Crippen LogP contribution is -2.09. The molecule has 0 unspecified atom stereocenters. The molecule has 1 rings (SSSR count). The molecule has 0 spiro atoms. The van der Waals surface area contributed by atoms with E-state index in [0.29, 0.717) is 12.2 Å². The number of ketones is 1. The summed E-state index contributed by atoms with van der Waals surface area (Å²) in [6.45, 7) is 2.56. The lowest BCUT2D eigenvalue weighted by molar-refractivity contribution is -0.136. The Kier molecular flexibility index (Phi) is 3.39. The largest absolute Gasteiger partial charge is 0.481 e. The summed E-state index contributed by atoms with van der Waals surface area (Å²) in [6, 6.07) is 0. The van der Waals surface area contributed by atoms with Gasteiger partial charge in [0.25, 0.3) is 0 Å². The molecule has 1 N–H and O–H groups in total. The Morgan fingerprint density at radius 2 is 2.21 bits per heavy atom. The summed E-state index contributed by atoms with van der Waals surface area (Å²) in [5.74, 6) is -1.13. The summed E-state index contributed by atoms with van der Waals surface area (Å²) < 4.78 is 1.70. The second-order valence-electron chi connectivity index (χ2n) is 2.88. The average Bonchev–Trinajstić information content (AvgIpc) is 2.61. The highest BCUT2D eigenvalue weighted by molar-refractivity contribution is 5.95. The summed E-state index contributed by atoms with van der Waals surface area (Å²) in [6.07, 6.45) is 2.93. The molecule has 0 bridgehead atoms. The van der Waals surface area contributed by atoms with Gasteiger partial charge in [0.1, 0.15) is 5.69 Å². The zero-order chi connectivity index (χ0) is 10.6. The number of nitrogens with zero attached hydrogens (tertiary/aromatic N) is 2. The van der Waals surface area contributed by atoms with Crippen molar-refractivity contribution in [3.8, 4) is 0 Å². The van der Waals surface area contributed by atoms with Crippen LogP contribution in [0.25, 0.3) is 0 Å². The SMILES string of the molecule is CCn1cncc1C(=O)CCC(=O)O. The number of hydrogen-bond acceptors (Lipinski definition) is 3. The van der Waals surface area contributed by atoms with E-state index in [-0.39, 0.29) is 18.6 Å². The van der Waals surface area contributed by atoms with Crippen LogP contribution in [0.2, 0.25) is 0 Å². The predicted molar refractivity (Wildman–Crippen MR) is 49.1 cm³/mol. The first-order valence-corrected chi connectivity index (χ1v) is 4.40. The number of Topliss-reactive ketones (excluding diaryl/α,β-unsaturated/α-hetero) is 1. The van der Waals surface area contributed by atoms with E-state index in [1.54, 1.807) is 10.9 Å². The first-order valence-electron chi connectivity index (χ1n) is 4.40. The molecular formula is C9H12N2O3. The fourth-order valence-corrected chi connectivity index (χ4v) is 1.15. The molecule has 1 heterocycles. The van der Waals surface area contributed by atoms with Crippen molar-refractivity contribution >= 4 is 11.8 Å². The van der Waals surface area contributed by atoms with Crippen molar-refractivity contribution in [1.82, 2.24) is 9.55 Å². The van der Waals surface area contributed by atoms with Crippen LogP contribution in [0.5, 0.6) is 0 Å². The van der Waals surface area contributed by atoms with Gasteiger partial charge in [-0.05, 0) is 6.92 Å². The Morgan fingerprint density at radius 1 is 1.50 bits per heavy atom. The molecule has 0 radical (unpaired) electrons. The number of carboxylic acids is 1. The Hall–Kier alpha value is -1.65. The predicted octanol–water partition coefficient (Wildman–Crippen LogP) is 0.950. The van der Waals surface area contributed by atoms with Gasteiger partial charge in [0.15, 0.2) is 5.78 Å². The topological polar surface area (TPSA) is 72.2 Å². The lowest BCUT2D eigenvalue weighted by Gasteiger charge is -2.02. The number of aryl methyl sites for hydroxylation is 1. The van der Waals surface area contributed by atoms with E-state index in [4.69, 9.17) is 5.11 Å². The minimum absolute atomic E-state index is 0.0288. The minimum atomic E-state index is -0.957. The Morgan fingerprint density at radius 3 is 2.79 bits per heavy atom. The van der Waals surface area contributed by atoms with Crippen LogP contribution in [0.1, 0.15) is 30.3 Å². The van der Waals surface area contributed by atoms with E-state index in [1.807, 2.05) is 6.92 Å². The van der Waals surface area contributed by atoms with Crippen LogP contribution in [-0.2, 0) is 11.3 Å². The third-order valence-corrected chi connectivity index (χ3v) is 1.90. The molecule has 0 amide bonds. The van der Waals surface area contributed by atoms with Gasteiger partial charge in [-0.2, -0.15) is 0 Å². The Balaban J connectivity index is 2.64. The van der Waals surface area contributed by atoms with Gasteiger partial charge in [-0.15, -0.1) is 0 Å². The maximum Gasteiger partial charge on any atom is 0.303 e. The van der Waals surface area contributed by atoms with Crippen molar-refractivity contribution in [1.29, 1.82) is 0 Å². The summed E-state index contributed by atoms with van der Waals surface area (Å²) in [7, 11) is 0.